The van der Waals surface area contributed by atoms with Gasteiger partial charge >= 0.3 is 0 Å². The van der Waals surface area contributed by atoms with E-state index in [1.165, 1.54) is 14.6 Å². The maximum atomic E-state index is 4.45. The average Bonchev–Trinajstić information content (AvgIpc) is 2.82. The van der Waals surface area contributed by atoms with Crippen molar-refractivity contribution in [2.45, 2.75) is 40.3 Å². The van der Waals surface area contributed by atoms with E-state index in [9.17, 15) is 0 Å². The lowest BCUT2D eigenvalue weighted by Gasteiger charge is -2.11. The van der Waals surface area contributed by atoms with Gasteiger partial charge < -0.3 is 5.32 Å². The Kier molecular flexibility index (Phi) is 3.97. The SMILES string of the molecule is Cc1ccc(C(C)NCc2sc(C)nc2C)s1. The number of thiophene rings is 1. The predicted molar refractivity (Wildman–Crippen MR) is 75.9 cm³/mol. The van der Waals surface area contributed by atoms with E-state index in [1.807, 2.05) is 11.3 Å². The molecule has 2 aromatic rings. The Morgan fingerprint density at radius 1 is 1.24 bits per heavy atom. The molecule has 2 heterocycles. The Morgan fingerprint density at radius 2 is 2.00 bits per heavy atom. The van der Waals surface area contributed by atoms with Gasteiger partial charge in [0.1, 0.15) is 0 Å². The van der Waals surface area contributed by atoms with Gasteiger partial charge in [0.15, 0.2) is 0 Å². The number of hydrogen-bond acceptors (Lipinski definition) is 4. The van der Waals surface area contributed by atoms with E-state index < -0.39 is 0 Å². The molecule has 0 aromatic carbocycles. The topological polar surface area (TPSA) is 24.9 Å². The van der Waals surface area contributed by atoms with Crippen LogP contribution in [-0.2, 0) is 6.54 Å². The Balaban J connectivity index is 1.96. The fourth-order valence-electron chi connectivity index (χ4n) is 1.77. The van der Waals surface area contributed by atoms with E-state index in [1.54, 1.807) is 11.3 Å². The standard InChI is InChI=1S/C13H18N2S2/c1-8-5-6-12(16-8)9(2)14-7-13-10(3)15-11(4)17-13/h5-6,9,14H,7H2,1-4H3. The van der Waals surface area contributed by atoms with Crippen LogP contribution < -0.4 is 5.32 Å². The highest BCUT2D eigenvalue weighted by atomic mass is 32.1. The third-order valence-electron chi connectivity index (χ3n) is 2.76. The lowest BCUT2D eigenvalue weighted by molar-refractivity contribution is 0.585. The zero-order chi connectivity index (χ0) is 12.4. The highest BCUT2D eigenvalue weighted by Gasteiger charge is 2.09. The van der Waals surface area contributed by atoms with E-state index in [2.05, 4.69) is 50.1 Å². The molecule has 1 atom stereocenters. The van der Waals surface area contributed by atoms with Gasteiger partial charge in [-0.15, -0.1) is 22.7 Å². The van der Waals surface area contributed by atoms with Crippen LogP contribution in [-0.4, -0.2) is 4.98 Å². The molecule has 0 radical (unpaired) electrons. The van der Waals surface area contributed by atoms with Crippen molar-refractivity contribution < 1.29 is 0 Å². The summed E-state index contributed by atoms with van der Waals surface area (Å²) in [5.74, 6) is 0. The highest BCUT2D eigenvalue weighted by molar-refractivity contribution is 7.12. The van der Waals surface area contributed by atoms with Crippen LogP contribution in [0.3, 0.4) is 0 Å². The number of aromatic nitrogens is 1. The van der Waals surface area contributed by atoms with Crippen LogP contribution in [0.2, 0.25) is 0 Å². The molecule has 2 aromatic heterocycles. The monoisotopic (exact) mass is 266 g/mol. The minimum Gasteiger partial charge on any atom is -0.304 e. The lowest BCUT2D eigenvalue weighted by atomic mass is 10.2. The van der Waals surface area contributed by atoms with Gasteiger partial charge in [-0.2, -0.15) is 0 Å². The molecule has 4 heteroatoms. The van der Waals surface area contributed by atoms with E-state index in [-0.39, 0.29) is 0 Å². The Hall–Kier alpha value is -0.710. The van der Waals surface area contributed by atoms with Gasteiger partial charge in [0.2, 0.25) is 0 Å². The molecule has 2 nitrogen and oxygen atoms in total. The molecule has 1 N–H and O–H groups in total. The van der Waals surface area contributed by atoms with Crippen LogP contribution in [0.5, 0.6) is 0 Å². The summed E-state index contributed by atoms with van der Waals surface area (Å²) in [7, 11) is 0. The van der Waals surface area contributed by atoms with Crippen molar-refractivity contribution in [2.24, 2.45) is 0 Å². The smallest absolute Gasteiger partial charge is 0.0900 e. The van der Waals surface area contributed by atoms with Gasteiger partial charge in [0.05, 0.1) is 10.7 Å². The van der Waals surface area contributed by atoms with Gasteiger partial charge in [0.25, 0.3) is 0 Å². The summed E-state index contributed by atoms with van der Waals surface area (Å²) < 4.78 is 0. The van der Waals surface area contributed by atoms with Crippen molar-refractivity contribution in [3.63, 3.8) is 0 Å². The van der Waals surface area contributed by atoms with Crippen molar-refractivity contribution in [3.05, 3.63) is 37.5 Å². The van der Waals surface area contributed by atoms with Crippen LogP contribution >= 0.6 is 22.7 Å². The molecule has 0 saturated heterocycles. The first-order valence-corrected chi connectivity index (χ1v) is 7.42. The number of nitrogens with one attached hydrogen (secondary N) is 1. The summed E-state index contributed by atoms with van der Waals surface area (Å²) >= 11 is 3.65. The summed E-state index contributed by atoms with van der Waals surface area (Å²) in [5, 5.41) is 4.72. The fraction of sp³-hybridized carbons (Fsp3) is 0.462. The maximum Gasteiger partial charge on any atom is 0.0900 e. The largest absolute Gasteiger partial charge is 0.304 e. The number of thiazole rings is 1. The molecule has 1 unspecified atom stereocenters. The molecule has 0 fully saturated rings. The molecule has 0 amide bonds. The zero-order valence-corrected chi connectivity index (χ0v) is 12.3. The molecule has 0 spiro atoms. The van der Waals surface area contributed by atoms with Crippen molar-refractivity contribution in [2.75, 3.05) is 0 Å². The first kappa shape index (κ1) is 12.7. The third kappa shape index (κ3) is 3.15. The summed E-state index contributed by atoms with van der Waals surface area (Å²) in [6.45, 7) is 9.43. The molecule has 92 valence electrons. The Morgan fingerprint density at radius 3 is 2.53 bits per heavy atom. The van der Waals surface area contributed by atoms with E-state index in [0.717, 1.165) is 17.2 Å². The number of rotatable bonds is 4. The summed E-state index contributed by atoms with van der Waals surface area (Å²) in [5.41, 5.74) is 1.16. The highest BCUT2D eigenvalue weighted by Crippen LogP contribution is 2.23. The second kappa shape index (κ2) is 5.29. The van der Waals surface area contributed by atoms with E-state index >= 15 is 0 Å². The van der Waals surface area contributed by atoms with E-state index in [0.29, 0.717) is 6.04 Å². The molecule has 0 aliphatic carbocycles. The van der Waals surface area contributed by atoms with Crippen molar-refractivity contribution in [3.8, 4) is 0 Å². The van der Waals surface area contributed by atoms with Gasteiger partial charge in [-0.05, 0) is 39.8 Å². The first-order valence-electron chi connectivity index (χ1n) is 5.79. The van der Waals surface area contributed by atoms with Gasteiger partial charge in [-0.1, -0.05) is 0 Å². The minimum absolute atomic E-state index is 0.413. The molecule has 0 saturated carbocycles. The Labute approximate surface area is 111 Å². The quantitative estimate of drug-likeness (QED) is 0.905. The van der Waals surface area contributed by atoms with Gasteiger partial charge in [-0.3, -0.25) is 0 Å². The maximum absolute atomic E-state index is 4.45. The number of hydrogen-bond donors (Lipinski definition) is 1. The molecular weight excluding hydrogens is 248 g/mol. The molecule has 0 aliphatic heterocycles. The number of nitrogens with zero attached hydrogens (tertiary/aromatic N) is 1. The fourth-order valence-corrected chi connectivity index (χ4v) is 3.56. The summed E-state index contributed by atoms with van der Waals surface area (Å²) in [6, 6.07) is 4.80. The Bertz CT molecular complexity index is 499. The molecule has 0 aliphatic rings. The normalized spacial score (nSPS) is 12.9. The molecule has 2 rings (SSSR count). The number of aryl methyl sites for hydroxylation is 3. The van der Waals surface area contributed by atoms with Crippen LogP contribution in [0.4, 0.5) is 0 Å². The van der Waals surface area contributed by atoms with Crippen molar-refractivity contribution >= 4 is 22.7 Å². The zero-order valence-electron chi connectivity index (χ0n) is 10.7. The average molecular weight is 266 g/mol. The van der Waals surface area contributed by atoms with Crippen molar-refractivity contribution in [1.29, 1.82) is 0 Å². The molecule has 17 heavy (non-hydrogen) atoms. The second-order valence-electron chi connectivity index (χ2n) is 4.29. The minimum atomic E-state index is 0.413. The van der Waals surface area contributed by atoms with Crippen LogP contribution in [0.15, 0.2) is 12.1 Å². The predicted octanol–water partition coefficient (Wildman–Crippen LogP) is 3.98. The van der Waals surface area contributed by atoms with Crippen LogP contribution in [0.1, 0.15) is 38.3 Å². The van der Waals surface area contributed by atoms with E-state index in [4.69, 9.17) is 0 Å². The molecular formula is C13H18N2S2. The van der Waals surface area contributed by atoms with Crippen LogP contribution in [0.25, 0.3) is 0 Å². The van der Waals surface area contributed by atoms with Crippen molar-refractivity contribution in [1.82, 2.24) is 10.3 Å². The first-order chi connectivity index (χ1) is 8.06. The second-order valence-corrected chi connectivity index (χ2v) is 6.90. The molecule has 0 bridgehead atoms. The summed E-state index contributed by atoms with van der Waals surface area (Å²) in [6.07, 6.45) is 0. The summed E-state index contributed by atoms with van der Waals surface area (Å²) in [4.78, 5) is 8.57. The van der Waals surface area contributed by atoms with Gasteiger partial charge in [0, 0.05) is 27.2 Å². The van der Waals surface area contributed by atoms with Gasteiger partial charge in [-0.25, -0.2) is 4.98 Å². The lowest BCUT2D eigenvalue weighted by Crippen LogP contribution is -2.16. The third-order valence-corrected chi connectivity index (χ3v) is 5.01. The van der Waals surface area contributed by atoms with Crippen LogP contribution in [0, 0.1) is 20.8 Å².